The number of hydrogen-bond acceptors (Lipinski definition) is 2. The van der Waals surface area contributed by atoms with Crippen molar-refractivity contribution in [1.29, 1.82) is 0 Å². The molecule has 3 nitrogen and oxygen atoms in total. The van der Waals surface area contributed by atoms with Crippen molar-refractivity contribution in [3.05, 3.63) is 29.3 Å². The Labute approximate surface area is 130 Å². The van der Waals surface area contributed by atoms with Crippen molar-refractivity contribution in [2.24, 2.45) is 0 Å². The maximum absolute atomic E-state index is 13.7. The summed E-state index contributed by atoms with van der Waals surface area (Å²) in [5, 5.41) is 0. The normalized spacial score (nSPS) is 13.3. The van der Waals surface area contributed by atoms with Crippen molar-refractivity contribution in [3.63, 3.8) is 0 Å². The molecule has 2 aromatic rings. The Hall–Kier alpha value is -1.13. The predicted octanol–water partition coefficient (Wildman–Crippen LogP) is 4.13. The first kappa shape index (κ1) is 16.2. The molecule has 0 N–H and O–H groups in total. The molecule has 0 spiro atoms. The molecule has 2 rings (SSSR count). The Balaban J connectivity index is 2.47. The van der Waals surface area contributed by atoms with Gasteiger partial charge in [0.1, 0.15) is 11.6 Å². The van der Waals surface area contributed by atoms with Crippen LogP contribution in [0.2, 0.25) is 0 Å². The molecule has 0 fully saturated rings. The quantitative estimate of drug-likeness (QED) is 0.748. The molecule has 0 aliphatic carbocycles. The molecule has 0 radical (unpaired) electrons. The van der Waals surface area contributed by atoms with Crippen molar-refractivity contribution in [1.82, 2.24) is 14.5 Å². The second kappa shape index (κ2) is 6.75. The van der Waals surface area contributed by atoms with Gasteiger partial charge in [-0.3, -0.25) is 0 Å². The fourth-order valence-corrected chi connectivity index (χ4v) is 2.98. The number of rotatable bonds is 6. The minimum absolute atomic E-state index is 0.218. The lowest BCUT2D eigenvalue weighted by atomic mass is 10.2. The van der Waals surface area contributed by atoms with Crippen molar-refractivity contribution in [2.75, 3.05) is 19.6 Å². The maximum atomic E-state index is 13.7. The van der Waals surface area contributed by atoms with Crippen LogP contribution < -0.4 is 0 Å². The zero-order chi connectivity index (χ0) is 15.6. The van der Waals surface area contributed by atoms with Gasteiger partial charge < -0.3 is 9.47 Å². The Morgan fingerprint density at radius 3 is 2.57 bits per heavy atom. The molecule has 0 saturated carbocycles. The molecule has 21 heavy (non-hydrogen) atoms. The van der Waals surface area contributed by atoms with E-state index in [1.807, 2.05) is 6.07 Å². The first-order valence-corrected chi connectivity index (χ1v) is 8.00. The number of benzene rings is 1. The van der Waals surface area contributed by atoms with Crippen LogP contribution in [0.1, 0.15) is 38.2 Å². The Kier molecular flexibility index (Phi) is 5.22. The molecule has 0 saturated heterocycles. The molecule has 0 bridgehead atoms. The van der Waals surface area contributed by atoms with Crippen LogP contribution in [0.3, 0.4) is 0 Å². The second-order valence-electron chi connectivity index (χ2n) is 5.46. The number of imidazole rings is 1. The highest BCUT2D eigenvalue weighted by molar-refractivity contribution is 6.16. The van der Waals surface area contributed by atoms with Crippen LogP contribution in [-0.4, -0.2) is 34.1 Å². The number of hydrogen-bond donors (Lipinski definition) is 0. The summed E-state index contributed by atoms with van der Waals surface area (Å²) in [5.74, 6) is 0.916. The molecule has 1 aromatic carbocycles. The number of nitrogens with zero attached hydrogens (tertiary/aromatic N) is 3. The number of alkyl halides is 1. The summed E-state index contributed by atoms with van der Waals surface area (Å²) in [7, 11) is 0. The largest absolute Gasteiger partial charge is 0.323 e. The van der Waals surface area contributed by atoms with E-state index in [9.17, 15) is 4.39 Å². The average molecular weight is 312 g/mol. The Morgan fingerprint density at radius 2 is 2.00 bits per heavy atom. The van der Waals surface area contributed by atoms with Crippen LogP contribution in [0.15, 0.2) is 12.1 Å². The SMILES string of the molecule is CCN(CC)CC(C)n1c(CCl)nc2cc(F)c(C)cc21. The van der Waals surface area contributed by atoms with Gasteiger partial charge in [0.25, 0.3) is 0 Å². The van der Waals surface area contributed by atoms with Gasteiger partial charge in [0.15, 0.2) is 0 Å². The van der Waals surface area contributed by atoms with Crippen molar-refractivity contribution < 1.29 is 4.39 Å². The van der Waals surface area contributed by atoms with Gasteiger partial charge in [-0.15, -0.1) is 11.6 Å². The molecule has 1 atom stereocenters. The molecule has 1 aromatic heterocycles. The summed E-state index contributed by atoms with van der Waals surface area (Å²) in [5.41, 5.74) is 2.28. The van der Waals surface area contributed by atoms with Crippen LogP contribution in [-0.2, 0) is 5.88 Å². The summed E-state index contributed by atoms with van der Waals surface area (Å²) in [6.07, 6.45) is 0. The van der Waals surface area contributed by atoms with Crippen LogP contribution in [0.25, 0.3) is 11.0 Å². The fourth-order valence-electron chi connectivity index (χ4n) is 2.79. The van der Waals surface area contributed by atoms with Crippen molar-refractivity contribution in [2.45, 2.75) is 39.6 Å². The van der Waals surface area contributed by atoms with E-state index in [0.29, 0.717) is 17.0 Å². The number of fused-ring (bicyclic) bond motifs is 1. The third-order valence-electron chi connectivity index (χ3n) is 4.02. The average Bonchev–Trinajstić information content (AvgIpc) is 2.82. The highest BCUT2D eigenvalue weighted by Crippen LogP contribution is 2.25. The minimum Gasteiger partial charge on any atom is -0.323 e. The third kappa shape index (κ3) is 3.22. The van der Waals surface area contributed by atoms with E-state index in [4.69, 9.17) is 11.6 Å². The molecular formula is C16H23ClFN3. The summed E-state index contributed by atoms with van der Waals surface area (Å²) >= 11 is 6.04. The number of aromatic nitrogens is 2. The minimum atomic E-state index is -0.218. The standard InChI is InChI=1S/C16H23ClFN3/c1-5-20(6-2)10-12(4)21-15-7-11(3)13(18)8-14(15)19-16(21)9-17/h7-8,12H,5-6,9-10H2,1-4H3. The van der Waals surface area contributed by atoms with E-state index in [1.165, 1.54) is 6.07 Å². The van der Waals surface area contributed by atoms with Crippen LogP contribution >= 0.6 is 11.6 Å². The lowest BCUT2D eigenvalue weighted by Crippen LogP contribution is -2.30. The summed E-state index contributed by atoms with van der Waals surface area (Å²) < 4.78 is 15.9. The lowest BCUT2D eigenvalue weighted by Gasteiger charge is -2.25. The van der Waals surface area contributed by atoms with Gasteiger partial charge in [-0.05, 0) is 38.6 Å². The molecule has 0 aliphatic rings. The highest BCUT2D eigenvalue weighted by atomic mass is 35.5. The molecule has 0 amide bonds. The smallest absolute Gasteiger partial charge is 0.128 e. The van der Waals surface area contributed by atoms with Crippen LogP contribution in [0.5, 0.6) is 0 Å². The second-order valence-corrected chi connectivity index (χ2v) is 5.72. The topological polar surface area (TPSA) is 21.1 Å². The first-order valence-electron chi connectivity index (χ1n) is 7.47. The first-order chi connectivity index (χ1) is 10.0. The highest BCUT2D eigenvalue weighted by Gasteiger charge is 2.18. The third-order valence-corrected chi connectivity index (χ3v) is 4.26. The Bertz CT molecular complexity index is 619. The van der Waals surface area contributed by atoms with E-state index in [2.05, 4.69) is 35.2 Å². The number of halogens is 2. The van der Waals surface area contributed by atoms with E-state index in [1.54, 1.807) is 6.92 Å². The fraction of sp³-hybridized carbons (Fsp3) is 0.562. The van der Waals surface area contributed by atoms with Gasteiger partial charge in [0.2, 0.25) is 0 Å². The summed E-state index contributed by atoms with van der Waals surface area (Å²) in [6, 6.07) is 3.61. The molecular weight excluding hydrogens is 289 g/mol. The molecule has 0 aliphatic heterocycles. The summed E-state index contributed by atoms with van der Waals surface area (Å²) in [6.45, 7) is 11.2. The van der Waals surface area contributed by atoms with Gasteiger partial charge in [0, 0.05) is 18.7 Å². The van der Waals surface area contributed by atoms with Crippen LogP contribution in [0.4, 0.5) is 4.39 Å². The van der Waals surface area contributed by atoms with Crippen molar-refractivity contribution in [3.8, 4) is 0 Å². The Morgan fingerprint density at radius 1 is 1.33 bits per heavy atom. The zero-order valence-corrected chi connectivity index (χ0v) is 13.9. The molecule has 116 valence electrons. The number of likely N-dealkylation sites (N-methyl/N-ethyl adjacent to an activating group) is 1. The van der Waals surface area contributed by atoms with Gasteiger partial charge >= 0.3 is 0 Å². The number of aryl methyl sites for hydroxylation is 1. The molecule has 1 unspecified atom stereocenters. The van der Waals surface area contributed by atoms with Gasteiger partial charge in [-0.2, -0.15) is 0 Å². The van der Waals surface area contributed by atoms with E-state index >= 15 is 0 Å². The van der Waals surface area contributed by atoms with E-state index < -0.39 is 0 Å². The predicted molar refractivity (Wildman–Crippen MR) is 86.5 cm³/mol. The monoisotopic (exact) mass is 311 g/mol. The van der Waals surface area contributed by atoms with Gasteiger partial charge in [-0.1, -0.05) is 13.8 Å². The maximum Gasteiger partial charge on any atom is 0.128 e. The van der Waals surface area contributed by atoms with E-state index in [-0.39, 0.29) is 11.9 Å². The van der Waals surface area contributed by atoms with Crippen LogP contribution in [0, 0.1) is 12.7 Å². The van der Waals surface area contributed by atoms with Crippen molar-refractivity contribution >= 4 is 22.6 Å². The van der Waals surface area contributed by atoms with E-state index in [0.717, 1.165) is 31.0 Å². The zero-order valence-electron chi connectivity index (χ0n) is 13.2. The molecule has 5 heteroatoms. The lowest BCUT2D eigenvalue weighted by molar-refractivity contribution is 0.261. The summed E-state index contributed by atoms with van der Waals surface area (Å²) in [4.78, 5) is 6.85. The van der Waals surface area contributed by atoms with Gasteiger partial charge in [0.05, 0.1) is 16.9 Å². The van der Waals surface area contributed by atoms with Gasteiger partial charge in [-0.25, -0.2) is 9.37 Å². The molecule has 1 heterocycles.